The highest BCUT2D eigenvalue weighted by Crippen LogP contribution is 2.36. The van der Waals surface area contributed by atoms with E-state index in [-0.39, 0.29) is 0 Å². The van der Waals surface area contributed by atoms with E-state index >= 15 is 0 Å². The number of rotatable bonds is 4. The van der Waals surface area contributed by atoms with E-state index in [0.717, 1.165) is 42.9 Å². The van der Waals surface area contributed by atoms with Crippen LogP contribution < -0.4 is 15.4 Å². The maximum absolute atomic E-state index is 6.10. The zero-order chi connectivity index (χ0) is 17.3. The Morgan fingerprint density at radius 2 is 2.00 bits per heavy atom. The lowest BCUT2D eigenvalue weighted by atomic mass is 10.0. The third-order valence-electron chi connectivity index (χ3n) is 4.70. The molecule has 0 atom stereocenters. The van der Waals surface area contributed by atoms with Crippen molar-refractivity contribution in [3.63, 3.8) is 0 Å². The van der Waals surface area contributed by atoms with Gasteiger partial charge in [0.25, 0.3) is 0 Å². The molecule has 3 heterocycles. The van der Waals surface area contributed by atoms with E-state index in [1.54, 1.807) is 11.8 Å². The third-order valence-corrected chi connectivity index (χ3v) is 4.70. The van der Waals surface area contributed by atoms with Gasteiger partial charge >= 0.3 is 0 Å². The standard InChI is InChI=1S/C17H26N6O/c1-21(2)13-5-7-23(8-6-13)16-14(12-10-19-22(3)11-12)9-15(18)17(20-16)24-4/h9-11,13H,5-8,18H2,1-4H3. The lowest BCUT2D eigenvalue weighted by Gasteiger charge is -2.36. The summed E-state index contributed by atoms with van der Waals surface area (Å²) in [6, 6.07) is 2.56. The van der Waals surface area contributed by atoms with E-state index in [4.69, 9.17) is 15.5 Å². The van der Waals surface area contributed by atoms with Crippen molar-refractivity contribution in [1.29, 1.82) is 0 Å². The summed E-state index contributed by atoms with van der Waals surface area (Å²) < 4.78 is 7.13. The molecule has 2 aromatic heterocycles. The van der Waals surface area contributed by atoms with Crippen molar-refractivity contribution in [1.82, 2.24) is 19.7 Å². The average Bonchev–Trinajstić information content (AvgIpc) is 3.01. The number of hydrogen-bond acceptors (Lipinski definition) is 6. The molecule has 1 aliphatic heterocycles. The molecule has 2 aromatic rings. The predicted molar refractivity (Wildman–Crippen MR) is 96.3 cm³/mol. The molecule has 24 heavy (non-hydrogen) atoms. The van der Waals surface area contributed by atoms with E-state index in [1.807, 2.05) is 25.5 Å². The number of nitrogens with zero attached hydrogens (tertiary/aromatic N) is 5. The average molecular weight is 330 g/mol. The Bertz CT molecular complexity index is 703. The number of pyridine rings is 1. The fourth-order valence-electron chi connectivity index (χ4n) is 3.27. The van der Waals surface area contributed by atoms with Crippen molar-refractivity contribution in [2.75, 3.05) is 44.9 Å². The number of aromatic nitrogens is 3. The van der Waals surface area contributed by atoms with Crippen LogP contribution in [0.25, 0.3) is 11.1 Å². The van der Waals surface area contributed by atoms with Crippen molar-refractivity contribution in [3.8, 4) is 17.0 Å². The summed E-state index contributed by atoms with van der Waals surface area (Å²) in [5, 5.41) is 4.28. The van der Waals surface area contributed by atoms with Gasteiger partial charge < -0.3 is 20.3 Å². The normalized spacial score (nSPS) is 16.0. The van der Waals surface area contributed by atoms with Gasteiger partial charge in [0.15, 0.2) is 0 Å². The quantitative estimate of drug-likeness (QED) is 0.918. The maximum Gasteiger partial charge on any atom is 0.238 e. The molecule has 0 aliphatic carbocycles. The second kappa shape index (κ2) is 6.68. The fourth-order valence-corrected chi connectivity index (χ4v) is 3.27. The second-order valence-corrected chi connectivity index (χ2v) is 6.54. The highest BCUT2D eigenvalue weighted by Gasteiger charge is 2.25. The SMILES string of the molecule is COc1nc(N2CCC(N(C)C)CC2)c(-c2cnn(C)c2)cc1N. The first-order valence-electron chi connectivity index (χ1n) is 8.24. The molecule has 1 fully saturated rings. The lowest BCUT2D eigenvalue weighted by Crippen LogP contribution is -2.42. The fraction of sp³-hybridized carbons (Fsp3) is 0.529. The van der Waals surface area contributed by atoms with Gasteiger partial charge in [-0.3, -0.25) is 4.68 Å². The molecule has 2 N–H and O–H groups in total. The highest BCUT2D eigenvalue weighted by atomic mass is 16.5. The minimum absolute atomic E-state index is 0.479. The van der Waals surface area contributed by atoms with Crippen molar-refractivity contribution in [2.45, 2.75) is 18.9 Å². The van der Waals surface area contributed by atoms with Crippen molar-refractivity contribution in [2.24, 2.45) is 7.05 Å². The molecule has 0 radical (unpaired) electrons. The number of nitrogens with two attached hydrogens (primary N) is 1. The minimum atomic E-state index is 0.479. The predicted octanol–water partition coefficient (Wildman–Crippen LogP) is 1.60. The van der Waals surface area contributed by atoms with E-state index < -0.39 is 0 Å². The molecular formula is C17H26N6O. The van der Waals surface area contributed by atoms with E-state index in [2.05, 4.69) is 29.0 Å². The van der Waals surface area contributed by atoms with Gasteiger partial charge in [0.2, 0.25) is 5.88 Å². The summed E-state index contributed by atoms with van der Waals surface area (Å²) >= 11 is 0. The Morgan fingerprint density at radius 3 is 2.54 bits per heavy atom. The molecule has 0 unspecified atom stereocenters. The Hall–Kier alpha value is -2.28. The number of ether oxygens (including phenoxy) is 1. The Labute approximate surface area is 143 Å². The summed E-state index contributed by atoms with van der Waals surface area (Å²) in [6.07, 6.45) is 6.07. The van der Waals surface area contributed by atoms with Gasteiger partial charge in [0.1, 0.15) is 5.82 Å². The van der Waals surface area contributed by atoms with Crippen LogP contribution in [0.5, 0.6) is 5.88 Å². The number of anilines is 2. The molecular weight excluding hydrogens is 304 g/mol. The van der Waals surface area contributed by atoms with Crippen molar-refractivity contribution >= 4 is 11.5 Å². The highest BCUT2D eigenvalue weighted by molar-refractivity contribution is 5.79. The topological polar surface area (TPSA) is 72.4 Å². The van der Waals surface area contributed by atoms with E-state index in [9.17, 15) is 0 Å². The summed E-state index contributed by atoms with van der Waals surface area (Å²) in [7, 11) is 7.80. The van der Waals surface area contributed by atoms with E-state index in [0.29, 0.717) is 17.6 Å². The zero-order valence-corrected chi connectivity index (χ0v) is 14.9. The van der Waals surface area contributed by atoms with Gasteiger partial charge in [-0.25, -0.2) is 0 Å². The van der Waals surface area contributed by atoms with Crippen LogP contribution in [0.3, 0.4) is 0 Å². The number of nitrogen functional groups attached to an aromatic ring is 1. The molecule has 7 heteroatoms. The first kappa shape index (κ1) is 16.6. The van der Waals surface area contributed by atoms with Gasteiger partial charge in [0, 0.05) is 43.5 Å². The van der Waals surface area contributed by atoms with Crippen molar-refractivity contribution < 1.29 is 4.74 Å². The number of methoxy groups -OCH3 is 1. The molecule has 0 aromatic carbocycles. The van der Waals surface area contributed by atoms with Crippen LogP contribution in [0.15, 0.2) is 18.5 Å². The molecule has 0 saturated carbocycles. The van der Waals surface area contributed by atoms with Crippen LogP contribution in [0.2, 0.25) is 0 Å². The van der Waals surface area contributed by atoms with Crippen molar-refractivity contribution in [3.05, 3.63) is 18.5 Å². The largest absolute Gasteiger partial charge is 0.479 e. The molecule has 0 amide bonds. The minimum Gasteiger partial charge on any atom is -0.479 e. The van der Waals surface area contributed by atoms with Crippen LogP contribution in [-0.4, -0.2) is 60.0 Å². The summed E-state index contributed by atoms with van der Waals surface area (Å²) in [4.78, 5) is 9.32. The van der Waals surface area contributed by atoms with Gasteiger partial charge in [0.05, 0.1) is 19.0 Å². The third kappa shape index (κ3) is 3.17. The van der Waals surface area contributed by atoms with Gasteiger partial charge in [-0.2, -0.15) is 10.1 Å². The summed E-state index contributed by atoms with van der Waals surface area (Å²) in [6.45, 7) is 1.94. The molecule has 1 saturated heterocycles. The van der Waals surface area contributed by atoms with Crippen LogP contribution in [0, 0.1) is 0 Å². The first-order valence-corrected chi connectivity index (χ1v) is 8.24. The molecule has 1 aliphatic rings. The maximum atomic E-state index is 6.10. The molecule has 3 rings (SSSR count). The van der Waals surface area contributed by atoms with Crippen LogP contribution in [-0.2, 0) is 7.05 Å². The Kier molecular flexibility index (Phi) is 4.62. The molecule has 7 nitrogen and oxygen atoms in total. The van der Waals surface area contributed by atoms with Gasteiger partial charge in [-0.15, -0.1) is 0 Å². The Morgan fingerprint density at radius 1 is 1.29 bits per heavy atom. The lowest BCUT2D eigenvalue weighted by molar-refractivity contribution is 0.249. The summed E-state index contributed by atoms with van der Waals surface area (Å²) in [5.74, 6) is 1.40. The van der Waals surface area contributed by atoms with E-state index in [1.165, 1.54) is 0 Å². The Balaban J connectivity index is 1.96. The monoisotopic (exact) mass is 330 g/mol. The second-order valence-electron chi connectivity index (χ2n) is 6.54. The smallest absolute Gasteiger partial charge is 0.238 e. The number of aryl methyl sites for hydroxylation is 1. The number of hydrogen-bond donors (Lipinski definition) is 1. The van der Waals surface area contributed by atoms with Crippen LogP contribution >= 0.6 is 0 Å². The first-order chi connectivity index (χ1) is 11.5. The molecule has 130 valence electrons. The molecule has 0 spiro atoms. The van der Waals surface area contributed by atoms with Crippen LogP contribution in [0.4, 0.5) is 11.5 Å². The summed E-state index contributed by atoms with van der Waals surface area (Å²) in [5.41, 5.74) is 8.66. The number of piperidine rings is 1. The molecule has 0 bridgehead atoms. The van der Waals surface area contributed by atoms with Gasteiger partial charge in [-0.05, 0) is 33.0 Å². The van der Waals surface area contributed by atoms with Gasteiger partial charge in [-0.1, -0.05) is 0 Å². The van der Waals surface area contributed by atoms with Crippen LogP contribution in [0.1, 0.15) is 12.8 Å². The zero-order valence-electron chi connectivity index (χ0n) is 14.9.